The van der Waals surface area contributed by atoms with Gasteiger partial charge >= 0.3 is 0 Å². The van der Waals surface area contributed by atoms with Crippen LogP contribution in [0.15, 0.2) is 4.79 Å². The Morgan fingerprint density at radius 1 is 1.09 bits per heavy atom. The second kappa shape index (κ2) is 11.5. The molecule has 0 aliphatic carbocycles. The van der Waals surface area contributed by atoms with Gasteiger partial charge in [-0.15, -0.1) is 0 Å². The number of Topliss-reactive ketones (excluding diaryl/α,β-unsaturated/α-hetero) is 1. The molecule has 1 heterocycles. The number of nitrogens with zero attached hydrogens (tertiary/aromatic N) is 2. The molecular weight excluding hydrogens is 525 g/mol. The number of halogens is 5. The first kappa shape index (κ1) is 26.6. The van der Waals surface area contributed by atoms with Gasteiger partial charge in [0.1, 0.15) is 21.7 Å². The van der Waals surface area contributed by atoms with Gasteiger partial charge in [-0.05, 0) is 25.8 Å². The number of carbonyl (C=O) groups excluding carboxylic acids is 1. The summed E-state index contributed by atoms with van der Waals surface area (Å²) in [5, 5.41) is 19.5. The number of aromatic hydroxyl groups is 1. The quantitative estimate of drug-likeness (QED) is 0.189. The number of aromatic nitrogens is 1. The predicted octanol–water partition coefficient (Wildman–Crippen LogP) is 5.69. The highest BCUT2D eigenvalue weighted by atomic mass is 35.5. The predicted molar refractivity (Wildman–Crippen MR) is 124 cm³/mol. The summed E-state index contributed by atoms with van der Waals surface area (Å²) in [6.45, 7) is 3.42. The van der Waals surface area contributed by atoms with E-state index in [1.54, 1.807) is 6.07 Å². The summed E-state index contributed by atoms with van der Waals surface area (Å²) in [5.41, 5.74) is -1.19. The van der Waals surface area contributed by atoms with E-state index in [4.69, 9.17) is 67.5 Å². The molecule has 12 heteroatoms. The Hall–Kier alpha value is -1.66. The Morgan fingerprint density at radius 3 is 2.19 bits per heavy atom. The lowest BCUT2D eigenvalue weighted by atomic mass is 10.0. The molecule has 172 valence electrons. The molecule has 0 fully saturated rings. The van der Waals surface area contributed by atoms with E-state index in [9.17, 15) is 20.0 Å². The van der Waals surface area contributed by atoms with Crippen molar-refractivity contribution >= 4 is 63.8 Å². The lowest BCUT2D eigenvalue weighted by Gasteiger charge is -2.17. The zero-order chi connectivity index (χ0) is 24.2. The SMILES string of the molecule is CCOCCCn1c(O)c(C(=O)COc2c(Cl)c(Cl)c(Cl)c(Cl)c2Cl)c(C)c(C#N)c1=O. The standard InChI is InChI=1S/C20H17Cl5N2O5/c1-3-31-6-4-5-27-19(29)10(7-26)9(2)12(20(27)30)11(28)8-32-18-16(24)14(22)13(21)15(23)17(18)25/h30H,3-6,8H2,1-2H3. The molecule has 0 saturated heterocycles. The van der Waals surface area contributed by atoms with E-state index in [0.717, 1.165) is 4.57 Å². The van der Waals surface area contributed by atoms with E-state index in [-0.39, 0.29) is 54.1 Å². The molecule has 1 N–H and O–H groups in total. The minimum Gasteiger partial charge on any atom is -0.494 e. The molecule has 0 radical (unpaired) electrons. The van der Waals surface area contributed by atoms with Crippen LogP contribution in [-0.2, 0) is 11.3 Å². The van der Waals surface area contributed by atoms with Crippen LogP contribution in [0, 0.1) is 18.3 Å². The number of rotatable bonds is 9. The number of hydrogen-bond acceptors (Lipinski definition) is 6. The van der Waals surface area contributed by atoms with Crippen molar-refractivity contribution in [3.05, 3.63) is 52.2 Å². The van der Waals surface area contributed by atoms with E-state index in [1.165, 1.54) is 6.92 Å². The molecule has 1 aromatic heterocycles. The average molecular weight is 543 g/mol. The maximum Gasteiger partial charge on any atom is 0.271 e. The third kappa shape index (κ3) is 5.28. The van der Waals surface area contributed by atoms with E-state index >= 15 is 0 Å². The van der Waals surface area contributed by atoms with Gasteiger partial charge in [0.25, 0.3) is 5.56 Å². The van der Waals surface area contributed by atoms with Crippen LogP contribution in [-0.4, -0.2) is 35.3 Å². The summed E-state index contributed by atoms with van der Waals surface area (Å²) >= 11 is 30.1. The maximum absolute atomic E-state index is 12.9. The number of hydrogen-bond donors (Lipinski definition) is 1. The fourth-order valence-corrected chi connectivity index (χ4v) is 4.11. The third-order valence-corrected chi connectivity index (χ3v) is 6.71. The lowest BCUT2D eigenvalue weighted by Crippen LogP contribution is -2.28. The van der Waals surface area contributed by atoms with E-state index in [0.29, 0.717) is 19.6 Å². The Kier molecular flexibility index (Phi) is 9.53. The minimum atomic E-state index is -0.732. The first-order valence-electron chi connectivity index (χ1n) is 9.19. The van der Waals surface area contributed by atoms with Crippen molar-refractivity contribution in [2.24, 2.45) is 0 Å². The number of benzene rings is 1. The van der Waals surface area contributed by atoms with Gasteiger partial charge in [-0.3, -0.25) is 14.2 Å². The molecule has 0 bridgehead atoms. The van der Waals surface area contributed by atoms with Gasteiger partial charge in [0.05, 0.1) is 20.6 Å². The van der Waals surface area contributed by atoms with Crippen LogP contribution >= 0.6 is 58.0 Å². The first-order chi connectivity index (χ1) is 15.1. The van der Waals surface area contributed by atoms with Crippen molar-refractivity contribution < 1.29 is 19.4 Å². The van der Waals surface area contributed by atoms with Gasteiger partial charge in [-0.2, -0.15) is 5.26 Å². The second-order valence-electron chi connectivity index (χ2n) is 6.43. The highest BCUT2D eigenvalue weighted by Crippen LogP contribution is 2.48. The van der Waals surface area contributed by atoms with Crippen molar-refractivity contribution in [2.75, 3.05) is 19.8 Å². The largest absolute Gasteiger partial charge is 0.494 e. The third-order valence-electron chi connectivity index (χ3n) is 4.47. The van der Waals surface area contributed by atoms with Crippen LogP contribution < -0.4 is 10.3 Å². The molecule has 0 unspecified atom stereocenters. The van der Waals surface area contributed by atoms with Crippen LogP contribution in [0.5, 0.6) is 11.6 Å². The van der Waals surface area contributed by atoms with Crippen LogP contribution in [0.3, 0.4) is 0 Å². The van der Waals surface area contributed by atoms with Crippen LogP contribution in [0.2, 0.25) is 25.1 Å². The Morgan fingerprint density at radius 2 is 1.66 bits per heavy atom. The Balaban J connectivity index is 2.42. The van der Waals surface area contributed by atoms with Gasteiger partial charge in [0.15, 0.2) is 12.4 Å². The first-order valence-corrected chi connectivity index (χ1v) is 11.1. The van der Waals surface area contributed by atoms with Crippen molar-refractivity contribution in [1.82, 2.24) is 4.57 Å². The van der Waals surface area contributed by atoms with Crippen molar-refractivity contribution in [3.63, 3.8) is 0 Å². The minimum absolute atomic E-state index is 0.0222. The molecule has 0 aliphatic heterocycles. The highest BCUT2D eigenvalue weighted by molar-refractivity contribution is 6.55. The normalized spacial score (nSPS) is 10.8. The van der Waals surface area contributed by atoms with Gasteiger partial charge in [-0.25, -0.2) is 0 Å². The van der Waals surface area contributed by atoms with Gasteiger partial charge in [0, 0.05) is 19.8 Å². The van der Waals surface area contributed by atoms with Gasteiger partial charge in [0.2, 0.25) is 11.7 Å². The molecule has 2 rings (SSSR count). The van der Waals surface area contributed by atoms with E-state index < -0.39 is 23.8 Å². The molecule has 0 spiro atoms. The molecule has 0 atom stereocenters. The van der Waals surface area contributed by atoms with Crippen LogP contribution in [0.1, 0.15) is 34.8 Å². The summed E-state index contributed by atoms with van der Waals surface area (Å²) in [7, 11) is 0. The summed E-state index contributed by atoms with van der Waals surface area (Å²) in [6.07, 6.45) is 0.381. The molecule has 0 saturated carbocycles. The molecule has 32 heavy (non-hydrogen) atoms. The number of nitriles is 1. The van der Waals surface area contributed by atoms with Crippen LogP contribution in [0.25, 0.3) is 0 Å². The second-order valence-corrected chi connectivity index (χ2v) is 8.32. The zero-order valence-corrected chi connectivity index (χ0v) is 20.7. The fourth-order valence-electron chi connectivity index (χ4n) is 2.88. The van der Waals surface area contributed by atoms with Crippen LogP contribution in [0.4, 0.5) is 0 Å². The van der Waals surface area contributed by atoms with E-state index in [2.05, 4.69) is 0 Å². The van der Waals surface area contributed by atoms with Gasteiger partial charge in [-0.1, -0.05) is 58.0 Å². The Labute approximate surface area is 208 Å². The summed E-state index contributed by atoms with van der Waals surface area (Å²) in [4.78, 5) is 25.5. The summed E-state index contributed by atoms with van der Waals surface area (Å²) < 4.78 is 11.6. The van der Waals surface area contributed by atoms with Crippen molar-refractivity contribution in [1.29, 1.82) is 5.26 Å². The molecule has 7 nitrogen and oxygen atoms in total. The highest BCUT2D eigenvalue weighted by Gasteiger charge is 2.26. The summed E-state index contributed by atoms with van der Waals surface area (Å²) in [5.74, 6) is -1.49. The summed E-state index contributed by atoms with van der Waals surface area (Å²) in [6, 6.07) is 1.78. The van der Waals surface area contributed by atoms with Crippen molar-refractivity contribution in [3.8, 4) is 17.7 Å². The number of ether oxygens (including phenoxy) is 2. The monoisotopic (exact) mass is 540 g/mol. The number of ketones is 1. The maximum atomic E-state index is 12.9. The number of carbonyl (C=O) groups is 1. The lowest BCUT2D eigenvalue weighted by molar-refractivity contribution is 0.0916. The number of pyridine rings is 1. The molecule has 0 aliphatic rings. The molecule has 0 amide bonds. The fraction of sp³-hybridized carbons (Fsp3) is 0.350. The smallest absolute Gasteiger partial charge is 0.271 e. The Bertz CT molecular complexity index is 1130. The molecular formula is C20H17Cl5N2O5. The molecule has 2 aromatic rings. The topological polar surface area (TPSA) is 102 Å². The van der Waals surface area contributed by atoms with Crippen molar-refractivity contribution in [2.45, 2.75) is 26.8 Å². The van der Waals surface area contributed by atoms with Gasteiger partial charge < -0.3 is 14.6 Å². The zero-order valence-electron chi connectivity index (χ0n) is 16.9. The molecule has 1 aromatic carbocycles. The van der Waals surface area contributed by atoms with E-state index in [1.807, 2.05) is 6.92 Å². The average Bonchev–Trinajstić information content (AvgIpc) is 2.76.